The van der Waals surface area contributed by atoms with E-state index in [0.717, 1.165) is 19.1 Å². The number of hydrogen-bond donors (Lipinski definition) is 0. The third kappa shape index (κ3) is 3.69. The summed E-state index contributed by atoms with van der Waals surface area (Å²) < 4.78 is 5.69. The Kier molecular flexibility index (Phi) is 4.82. The van der Waals surface area contributed by atoms with Crippen molar-refractivity contribution >= 4 is 0 Å². The van der Waals surface area contributed by atoms with Crippen molar-refractivity contribution < 1.29 is 4.74 Å². The molecule has 17 heavy (non-hydrogen) atoms. The Morgan fingerprint density at radius 1 is 1.24 bits per heavy atom. The molecule has 3 heteroatoms. The highest BCUT2D eigenvalue weighted by Crippen LogP contribution is 2.27. The molecule has 1 saturated carbocycles. The van der Waals surface area contributed by atoms with Crippen molar-refractivity contribution in [3.05, 3.63) is 0 Å². The lowest BCUT2D eigenvalue weighted by atomic mass is 9.86. The van der Waals surface area contributed by atoms with E-state index in [4.69, 9.17) is 10.00 Å². The summed E-state index contributed by atoms with van der Waals surface area (Å²) in [6.45, 7) is 4.78. The van der Waals surface area contributed by atoms with Crippen LogP contribution in [-0.4, -0.2) is 36.7 Å². The molecule has 0 aromatic heterocycles. The van der Waals surface area contributed by atoms with E-state index in [-0.39, 0.29) is 0 Å². The van der Waals surface area contributed by atoms with Crippen LogP contribution in [0.2, 0.25) is 0 Å². The third-order valence-corrected chi connectivity index (χ3v) is 4.24. The van der Waals surface area contributed by atoms with Crippen molar-refractivity contribution in [2.45, 2.75) is 57.6 Å². The fraction of sp³-hybridized carbons (Fsp3) is 0.929. The molecule has 3 nitrogen and oxygen atoms in total. The minimum atomic E-state index is 0.377. The van der Waals surface area contributed by atoms with Gasteiger partial charge in [-0.05, 0) is 44.4 Å². The van der Waals surface area contributed by atoms with Gasteiger partial charge in [-0.2, -0.15) is 5.26 Å². The molecule has 0 aromatic carbocycles. The maximum Gasteiger partial charge on any atom is 0.0869 e. The summed E-state index contributed by atoms with van der Waals surface area (Å²) in [4.78, 5) is 2.36. The van der Waals surface area contributed by atoms with Crippen molar-refractivity contribution in [1.29, 1.82) is 5.26 Å². The Labute approximate surface area is 105 Å². The van der Waals surface area contributed by atoms with E-state index in [9.17, 15) is 0 Å². The lowest BCUT2D eigenvalue weighted by Crippen LogP contribution is -2.42. The SMILES string of the molecule is CC1CCC(N(CC#N)C[C@H]2CCCO2)CC1. The first-order chi connectivity index (χ1) is 8.29. The summed E-state index contributed by atoms with van der Waals surface area (Å²) in [5.41, 5.74) is 0. The van der Waals surface area contributed by atoms with E-state index < -0.39 is 0 Å². The maximum atomic E-state index is 8.96. The Morgan fingerprint density at radius 2 is 2.00 bits per heavy atom. The molecule has 1 atom stereocenters. The Balaban J connectivity index is 1.85. The summed E-state index contributed by atoms with van der Waals surface area (Å²) >= 11 is 0. The largest absolute Gasteiger partial charge is 0.377 e. The first-order valence-electron chi connectivity index (χ1n) is 7.02. The molecule has 0 unspecified atom stereocenters. The van der Waals surface area contributed by atoms with Crippen LogP contribution in [0.4, 0.5) is 0 Å². The van der Waals surface area contributed by atoms with Gasteiger partial charge in [-0.3, -0.25) is 4.90 Å². The van der Waals surface area contributed by atoms with Gasteiger partial charge in [-0.1, -0.05) is 6.92 Å². The van der Waals surface area contributed by atoms with Crippen molar-refractivity contribution in [3.8, 4) is 6.07 Å². The topological polar surface area (TPSA) is 36.3 Å². The second kappa shape index (κ2) is 6.37. The maximum absolute atomic E-state index is 8.96. The van der Waals surface area contributed by atoms with E-state index >= 15 is 0 Å². The molecular weight excluding hydrogens is 212 g/mol. The quantitative estimate of drug-likeness (QED) is 0.704. The van der Waals surface area contributed by atoms with Gasteiger partial charge in [0.25, 0.3) is 0 Å². The van der Waals surface area contributed by atoms with Crippen LogP contribution < -0.4 is 0 Å². The van der Waals surface area contributed by atoms with Crippen LogP contribution in [0, 0.1) is 17.2 Å². The Morgan fingerprint density at radius 3 is 2.59 bits per heavy atom. The molecule has 1 saturated heterocycles. The molecule has 96 valence electrons. The smallest absolute Gasteiger partial charge is 0.0869 e. The van der Waals surface area contributed by atoms with Crippen molar-refractivity contribution in [2.24, 2.45) is 5.92 Å². The van der Waals surface area contributed by atoms with E-state index in [0.29, 0.717) is 18.7 Å². The second-order valence-electron chi connectivity index (χ2n) is 5.64. The van der Waals surface area contributed by atoms with Crippen LogP contribution in [-0.2, 0) is 4.74 Å². The molecule has 0 amide bonds. The summed E-state index contributed by atoms with van der Waals surface area (Å²) in [5.74, 6) is 0.873. The predicted molar refractivity (Wildman–Crippen MR) is 67.6 cm³/mol. The molecule has 0 bridgehead atoms. The predicted octanol–water partition coefficient (Wildman–Crippen LogP) is 2.57. The van der Waals surface area contributed by atoms with E-state index in [1.54, 1.807) is 0 Å². The Bertz CT molecular complexity index is 260. The summed E-state index contributed by atoms with van der Waals surface area (Å²) in [6, 6.07) is 2.94. The average molecular weight is 236 g/mol. The normalized spacial score (nSPS) is 33.8. The molecule has 2 fully saturated rings. The minimum absolute atomic E-state index is 0.377. The zero-order valence-electron chi connectivity index (χ0n) is 10.9. The highest BCUT2D eigenvalue weighted by molar-refractivity contribution is 4.86. The lowest BCUT2D eigenvalue weighted by Gasteiger charge is -2.35. The zero-order chi connectivity index (χ0) is 12.1. The summed E-state index contributed by atoms with van der Waals surface area (Å²) in [6.07, 6.45) is 7.89. The van der Waals surface area contributed by atoms with Crippen LogP contribution in [0.15, 0.2) is 0 Å². The monoisotopic (exact) mass is 236 g/mol. The number of nitrogens with zero attached hydrogens (tertiary/aromatic N) is 2. The Hall–Kier alpha value is -0.590. The van der Waals surface area contributed by atoms with Gasteiger partial charge in [0.1, 0.15) is 0 Å². The minimum Gasteiger partial charge on any atom is -0.377 e. The van der Waals surface area contributed by atoms with Crippen LogP contribution in [0.3, 0.4) is 0 Å². The van der Waals surface area contributed by atoms with Gasteiger partial charge < -0.3 is 4.74 Å². The molecule has 1 aliphatic carbocycles. The number of ether oxygens (including phenoxy) is 1. The average Bonchev–Trinajstić information content (AvgIpc) is 2.82. The molecule has 1 heterocycles. The van der Waals surface area contributed by atoms with E-state index in [1.165, 1.54) is 38.5 Å². The van der Waals surface area contributed by atoms with Crippen LogP contribution >= 0.6 is 0 Å². The van der Waals surface area contributed by atoms with Crippen molar-refractivity contribution in [2.75, 3.05) is 19.7 Å². The van der Waals surface area contributed by atoms with Crippen molar-refractivity contribution in [1.82, 2.24) is 4.90 Å². The molecule has 0 spiro atoms. The van der Waals surface area contributed by atoms with Gasteiger partial charge in [-0.25, -0.2) is 0 Å². The number of hydrogen-bond acceptors (Lipinski definition) is 3. The molecule has 1 aliphatic heterocycles. The van der Waals surface area contributed by atoms with E-state index in [2.05, 4.69) is 17.9 Å². The molecule has 2 aliphatic rings. The number of nitriles is 1. The van der Waals surface area contributed by atoms with Crippen LogP contribution in [0.5, 0.6) is 0 Å². The highest BCUT2D eigenvalue weighted by atomic mass is 16.5. The molecule has 2 rings (SSSR count). The van der Waals surface area contributed by atoms with E-state index in [1.807, 2.05) is 0 Å². The standard InChI is InChI=1S/C14H24N2O/c1-12-4-6-13(7-5-12)16(9-8-15)11-14-3-2-10-17-14/h12-14H,2-7,9-11H2,1H3/t12?,13?,14-/m1/s1. The van der Waals surface area contributed by atoms with Crippen LogP contribution in [0.25, 0.3) is 0 Å². The third-order valence-electron chi connectivity index (χ3n) is 4.24. The number of rotatable bonds is 4. The van der Waals surface area contributed by atoms with Gasteiger partial charge in [0.2, 0.25) is 0 Å². The summed E-state index contributed by atoms with van der Waals surface area (Å²) in [5, 5.41) is 8.96. The van der Waals surface area contributed by atoms with Gasteiger partial charge >= 0.3 is 0 Å². The lowest BCUT2D eigenvalue weighted by molar-refractivity contribution is 0.0516. The molecule has 0 N–H and O–H groups in total. The molecular formula is C14H24N2O. The van der Waals surface area contributed by atoms with Gasteiger partial charge in [0.05, 0.1) is 18.7 Å². The van der Waals surface area contributed by atoms with Gasteiger partial charge in [-0.15, -0.1) is 0 Å². The fourth-order valence-corrected chi connectivity index (χ4v) is 3.09. The second-order valence-corrected chi connectivity index (χ2v) is 5.64. The molecule has 0 aromatic rings. The van der Waals surface area contributed by atoms with Gasteiger partial charge in [0.15, 0.2) is 0 Å². The first-order valence-corrected chi connectivity index (χ1v) is 7.02. The van der Waals surface area contributed by atoms with Gasteiger partial charge in [0, 0.05) is 19.2 Å². The first kappa shape index (κ1) is 12.9. The summed E-state index contributed by atoms with van der Waals surface area (Å²) in [7, 11) is 0. The fourth-order valence-electron chi connectivity index (χ4n) is 3.09. The van der Waals surface area contributed by atoms with Crippen molar-refractivity contribution in [3.63, 3.8) is 0 Å². The zero-order valence-corrected chi connectivity index (χ0v) is 10.9. The molecule has 0 radical (unpaired) electrons. The van der Waals surface area contributed by atoms with Crippen LogP contribution in [0.1, 0.15) is 45.4 Å². The highest BCUT2D eigenvalue weighted by Gasteiger charge is 2.27.